The Kier molecular flexibility index (Phi) is 6.25. The summed E-state index contributed by atoms with van der Waals surface area (Å²) >= 11 is 0. The van der Waals surface area contributed by atoms with E-state index in [0.29, 0.717) is 11.8 Å². The van der Waals surface area contributed by atoms with E-state index >= 15 is 0 Å². The normalized spacial score (nSPS) is 17.7. The summed E-state index contributed by atoms with van der Waals surface area (Å²) in [4.78, 5) is 12.2. The minimum Gasteiger partial charge on any atom is -0.335 e. The van der Waals surface area contributed by atoms with Gasteiger partial charge in [-0.3, -0.25) is 4.68 Å². The average molecular weight is 318 g/mol. The zero-order valence-electron chi connectivity index (χ0n) is 14.8. The molecule has 1 unspecified atom stereocenters. The predicted octanol–water partition coefficient (Wildman–Crippen LogP) is 4.28. The Morgan fingerprint density at radius 3 is 2.74 bits per heavy atom. The van der Waals surface area contributed by atoms with E-state index in [1.165, 1.54) is 0 Å². The lowest BCUT2D eigenvalue weighted by molar-refractivity contribution is 0.247. The van der Waals surface area contributed by atoms with Crippen molar-refractivity contribution in [1.82, 2.24) is 15.1 Å². The van der Waals surface area contributed by atoms with Crippen molar-refractivity contribution < 1.29 is 4.79 Å². The van der Waals surface area contributed by atoms with Gasteiger partial charge in [-0.2, -0.15) is 5.10 Å². The van der Waals surface area contributed by atoms with Gasteiger partial charge in [0.2, 0.25) is 0 Å². The van der Waals surface area contributed by atoms with Gasteiger partial charge in [0.25, 0.3) is 0 Å². The highest BCUT2D eigenvalue weighted by Gasteiger charge is 2.18. The van der Waals surface area contributed by atoms with Gasteiger partial charge < -0.3 is 10.6 Å². The van der Waals surface area contributed by atoms with Crippen molar-refractivity contribution in [2.45, 2.75) is 71.9 Å². The second kappa shape index (κ2) is 8.18. The van der Waals surface area contributed by atoms with E-state index in [-0.39, 0.29) is 12.1 Å². The van der Waals surface area contributed by atoms with E-state index in [2.05, 4.69) is 55.6 Å². The Hall–Kier alpha value is -1.78. The number of aryl methyl sites for hydroxylation is 1. The molecular weight excluding hydrogens is 288 g/mol. The standard InChI is InChI=1S/C18H30N4O/c1-13(2)10-11-22-17(14(3)4)16(12-19-22)21-18(23)20-15-8-6-5-7-9-15/h5-6,12-15H,7-11H2,1-4H3,(H2,20,21,23). The number of nitrogens with zero attached hydrogens (tertiary/aromatic N) is 2. The van der Waals surface area contributed by atoms with Crippen molar-refractivity contribution in [2.24, 2.45) is 5.92 Å². The summed E-state index contributed by atoms with van der Waals surface area (Å²) < 4.78 is 2.03. The molecule has 1 atom stereocenters. The number of rotatable bonds is 6. The monoisotopic (exact) mass is 318 g/mol. The van der Waals surface area contributed by atoms with E-state index in [1.54, 1.807) is 6.20 Å². The average Bonchev–Trinajstić information content (AvgIpc) is 2.88. The highest BCUT2D eigenvalue weighted by Crippen LogP contribution is 2.25. The van der Waals surface area contributed by atoms with Gasteiger partial charge in [0.05, 0.1) is 17.6 Å². The molecule has 0 aliphatic heterocycles. The largest absolute Gasteiger partial charge is 0.335 e. The lowest BCUT2D eigenvalue weighted by Gasteiger charge is -2.20. The Balaban J connectivity index is 2.00. The number of urea groups is 1. The zero-order chi connectivity index (χ0) is 16.8. The van der Waals surface area contributed by atoms with Crippen LogP contribution in [0.1, 0.15) is 65.0 Å². The van der Waals surface area contributed by atoms with E-state index < -0.39 is 0 Å². The Labute approximate surface area is 139 Å². The molecule has 1 aliphatic rings. The van der Waals surface area contributed by atoms with Crippen LogP contribution in [0.5, 0.6) is 0 Å². The molecule has 0 aromatic carbocycles. The van der Waals surface area contributed by atoms with E-state index in [1.807, 2.05) is 4.68 Å². The molecule has 0 radical (unpaired) electrons. The van der Waals surface area contributed by atoms with Crippen LogP contribution in [-0.4, -0.2) is 21.9 Å². The van der Waals surface area contributed by atoms with Gasteiger partial charge in [0.1, 0.15) is 0 Å². The number of anilines is 1. The zero-order valence-corrected chi connectivity index (χ0v) is 14.8. The molecule has 2 amide bonds. The topological polar surface area (TPSA) is 59.0 Å². The molecule has 1 aromatic heterocycles. The third kappa shape index (κ3) is 5.12. The van der Waals surface area contributed by atoms with Crippen LogP contribution >= 0.6 is 0 Å². The van der Waals surface area contributed by atoms with Crippen LogP contribution in [0.4, 0.5) is 10.5 Å². The summed E-state index contributed by atoms with van der Waals surface area (Å²) in [6, 6.07) is 0.106. The Morgan fingerprint density at radius 2 is 2.13 bits per heavy atom. The van der Waals surface area contributed by atoms with Gasteiger partial charge in [0.15, 0.2) is 0 Å². The van der Waals surface area contributed by atoms with Crippen molar-refractivity contribution in [3.8, 4) is 0 Å². The summed E-state index contributed by atoms with van der Waals surface area (Å²) in [6.07, 6.45) is 10.1. The molecule has 1 aliphatic carbocycles. The van der Waals surface area contributed by atoms with Crippen molar-refractivity contribution >= 4 is 11.7 Å². The van der Waals surface area contributed by atoms with Crippen LogP contribution in [0.3, 0.4) is 0 Å². The van der Waals surface area contributed by atoms with Gasteiger partial charge in [-0.15, -0.1) is 0 Å². The van der Waals surface area contributed by atoms with Crippen molar-refractivity contribution in [2.75, 3.05) is 5.32 Å². The second-order valence-electron chi connectivity index (χ2n) is 7.08. The highest BCUT2D eigenvalue weighted by molar-refractivity contribution is 5.90. The summed E-state index contributed by atoms with van der Waals surface area (Å²) in [5.74, 6) is 0.954. The fourth-order valence-corrected chi connectivity index (χ4v) is 2.93. The molecule has 0 saturated heterocycles. The summed E-state index contributed by atoms with van der Waals surface area (Å²) in [7, 11) is 0. The fraction of sp³-hybridized carbons (Fsp3) is 0.667. The Bertz CT molecular complexity index is 545. The van der Waals surface area contributed by atoms with Crippen molar-refractivity contribution in [3.05, 3.63) is 24.0 Å². The first kappa shape index (κ1) is 17.6. The number of amides is 2. The van der Waals surface area contributed by atoms with Crippen LogP contribution in [0.15, 0.2) is 18.3 Å². The predicted molar refractivity (Wildman–Crippen MR) is 94.7 cm³/mol. The smallest absolute Gasteiger partial charge is 0.319 e. The summed E-state index contributed by atoms with van der Waals surface area (Å²) in [5.41, 5.74) is 1.93. The third-order valence-electron chi connectivity index (χ3n) is 4.20. The molecule has 1 aromatic rings. The summed E-state index contributed by atoms with van der Waals surface area (Å²) in [5, 5.41) is 10.5. The number of aromatic nitrogens is 2. The molecule has 1 heterocycles. The maximum Gasteiger partial charge on any atom is 0.319 e. The van der Waals surface area contributed by atoms with Crippen LogP contribution in [0.2, 0.25) is 0 Å². The van der Waals surface area contributed by atoms with Gasteiger partial charge >= 0.3 is 6.03 Å². The minimum atomic E-state index is -0.129. The molecule has 5 heteroatoms. The van der Waals surface area contributed by atoms with Gasteiger partial charge in [-0.1, -0.05) is 39.8 Å². The molecule has 0 spiro atoms. The number of allylic oxidation sites excluding steroid dienone is 1. The lowest BCUT2D eigenvalue weighted by Crippen LogP contribution is -2.38. The number of carbonyl (C=O) groups excluding carboxylic acids is 1. The summed E-state index contributed by atoms with van der Waals surface area (Å²) in [6.45, 7) is 9.59. The SMILES string of the molecule is CC(C)CCn1ncc(NC(=O)NC2CC=CCC2)c1C(C)C. The molecule has 128 valence electrons. The molecule has 2 N–H and O–H groups in total. The van der Waals surface area contributed by atoms with Crippen LogP contribution in [0, 0.1) is 5.92 Å². The second-order valence-corrected chi connectivity index (χ2v) is 7.08. The lowest BCUT2D eigenvalue weighted by atomic mass is 10.0. The number of carbonyl (C=O) groups is 1. The minimum absolute atomic E-state index is 0.129. The molecule has 2 rings (SSSR count). The maximum absolute atomic E-state index is 12.2. The number of hydrogen-bond donors (Lipinski definition) is 2. The first-order chi connectivity index (χ1) is 11.0. The van der Waals surface area contributed by atoms with Crippen LogP contribution in [0.25, 0.3) is 0 Å². The van der Waals surface area contributed by atoms with E-state index in [9.17, 15) is 4.79 Å². The van der Waals surface area contributed by atoms with Crippen molar-refractivity contribution in [3.63, 3.8) is 0 Å². The van der Waals surface area contributed by atoms with Crippen LogP contribution in [-0.2, 0) is 6.54 Å². The molecule has 0 fully saturated rings. The number of hydrogen-bond acceptors (Lipinski definition) is 2. The fourth-order valence-electron chi connectivity index (χ4n) is 2.93. The van der Waals surface area contributed by atoms with E-state index in [4.69, 9.17) is 0 Å². The molecule has 0 saturated carbocycles. The van der Waals surface area contributed by atoms with E-state index in [0.717, 1.165) is 43.6 Å². The van der Waals surface area contributed by atoms with Gasteiger partial charge in [-0.25, -0.2) is 4.79 Å². The molecule has 0 bridgehead atoms. The highest BCUT2D eigenvalue weighted by atomic mass is 16.2. The van der Waals surface area contributed by atoms with Gasteiger partial charge in [0, 0.05) is 12.6 Å². The molecule has 23 heavy (non-hydrogen) atoms. The quantitative estimate of drug-likeness (QED) is 0.769. The third-order valence-corrected chi connectivity index (χ3v) is 4.20. The molecule has 5 nitrogen and oxygen atoms in total. The first-order valence-corrected chi connectivity index (χ1v) is 8.75. The Morgan fingerprint density at radius 1 is 1.35 bits per heavy atom. The maximum atomic E-state index is 12.2. The molecular formula is C18H30N4O. The van der Waals surface area contributed by atoms with Crippen LogP contribution < -0.4 is 10.6 Å². The van der Waals surface area contributed by atoms with Crippen molar-refractivity contribution in [1.29, 1.82) is 0 Å². The van der Waals surface area contributed by atoms with Gasteiger partial charge in [-0.05, 0) is 37.5 Å². The first-order valence-electron chi connectivity index (χ1n) is 8.75. The number of nitrogens with one attached hydrogen (secondary N) is 2.